The summed E-state index contributed by atoms with van der Waals surface area (Å²) in [5.41, 5.74) is 1.14. The van der Waals surface area contributed by atoms with Crippen molar-refractivity contribution in [1.82, 2.24) is 0 Å². The Kier molecular flexibility index (Phi) is 3.71. The molecule has 0 radical (unpaired) electrons. The van der Waals surface area contributed by atoms with Crippen molar-refractivity contribution in [3.8, 4) is 5.75 Å². The Balaban J connectivity index is 1.51. The number of rotatable bonds is 4. The number of para-hydroxylation sites is 1. The molecule has 3 rings (SSSR count). The van der Waals surface area contributed by atoms with Crippen LogP contribution >= 0.6 is 0 Å². The van der Waals surface area contributed by atoms with Gasteiger partial charge in [0.15, 0.2) is 0 Å². The molecule has 0 saturated carbocycles. The van der Waals surface area contributed by atoms with Crippen LogP contribution in [0.4, 0.5) is 0 Å². The molecule has 0 amide bonds. The molecule has 3 nitrogen and oxygen atoms in total. The maximum atomic E-state index is 5.86. The second-order valence-corrected chi connectivity index (χ2v) is 4.88. The van der Waals surface area contributed by atoms with E-state index in [1.807, 2.05) is 43.3 Å². The molecule has 1 aromatic carbocycles. The standard InChI is InChI=1S/C15H17BO3/c1-12-6-2-5-9-15(12)17-10-14-11-18-16(19-14)13-7-3-4-8-13/h2-9,13-14H,10-11H2,1H3/t14-/m0/s1. The Hall–Kier alpha value is -1.52. The normalized spacial score (nSPS) is 22.4. The Labute approximate surface area is 114 Å². The molecule has 0 unspecified atom stereocenters. The van der Waals surface area contributed by atoms with Gasteiger partial charge in [0.25, 0.3) is 0 Å². The van der Waals surface area contributed by atoms with E-state index in [1.54, 1.807) is 0 Å². The van der Waals surface area contributed by atoms with Gasteiger partial charge in [-0.25, -0.2) is 0 Å². The van der Waals surface area contributed by atoms with E-state index in [0.717, 1.165) is 11.3 Å². The molecule has 0 spiro atoms. The third kappa shape index (κ3) is 2.91. The predicted octanol–water partition coefficient (Wildman–Crippen LogP) is 2.77. The van der Waals surface area contributed by atoms with Gasteiger partial charge in [-0.05, 0) is 18.6 Å². The van der Waals surface area contributed by atoms with Gasteiger partial charge in [-0.3, -0.25) is 0 Å². The number of hydrogen-bond donors (Lipinski definition) is 0. The average Bonchev–Trinajstić information content (AvgIpc) is 3.09. The Morgan fingerprint density at radius 3 is 2.84 bits per heavy atom. The zero-order valence-corrected chi connectivity index (χ0v) is 11.0. The maximum absolute atomic E-state index is 5.86. The molecule has 4 heteroatoms. The monoisotopic (exact) mass is 256 g/mol. The second kappa shape index (κ2) is 5.64. The van der Waals surface area contributed by atoms with Crippen molar-refractivity contribution in [3.05, 3.63) is 54.1 Å². The third-order valence-electron chi connectivity index (χ3n) is 3.38. The van der Waals surface area contributed by atoms with E-state index in [0.29, 0.717) is 13.2 Å². The van der Waals surface area contributed by atoms with Crippen molar-refractivity contribution in [2.45, 2.75) is 18.8 Å². The molecule has 1 atom stereocenters. The first-order chi connectivity index (χ1) is 9.33. The smallest absolute Gasteiger partial charge is 0.468 e. The van der Waals surface area contributed by atoms with Crippen LogP contribution in [0.5, 0.6) is 5.75 Å². The number of benzene rings is 1. The summed E-state index contributed by atoms with van der Waals surface area (Å²) in [6.45, 7) is 3.16. The summed E-state index contributed by atoms with van der Waals surface area (Å²) < 4.78 is 17.3. The summed E-state index contributed by atoms with van der Waals surface area (Å²) >= 11 is 0. The van der Waals surface area contributed by atoms with Gasteiger partial charge >= 0.3 is 7.12 Å². The van der Waals surface area contributed by atoms with Gasteiger partial charge in [-0.1, -0.05) is 42.5 Å². The Bertz CT molecular complexity index is 486. The van der Waals surface area contributed by atoms with Gasteiger partial charge in [0.2, 0.25) is 0 Å². The molecule has 0 aromatic heterocycles. The predicted molar refractivity (Wildman–Crippen MR) is 75.3 cm³/mol. The van der Waals surface area contributed by atoms with Crippen molar-refractivity contribution in [2.75, 3.05) is 13.2 Å². The molecule has 1 aliphatic heterocycles. The number of hydrogen-bond acceptors (Lipinski definition) is 3. The highest BCUT2D eigenvalue weighted by molar-refractivity contribution is 6.48. The molecule has 1 aliphatic carbocycles. The number of aryl methyl sites for hydroxylation is 1. The van der Waals surface area contributed by atoms with Crippen LogP contribution in [0.3, 0.4) is 0 Å². The molecular weight excluding hydrogens is 239 g/mol. The van der Waals surface area contributed by atoms with Crippen molar-refractivity contribution in [1.29, 1.82) is 0 Å². The molecule has 0 bridgehead atoms. The summed E-state index contributed by atoms with van der Waals surface area (Å²) in [4.78, 5) is 0. The van der Waals surface area contributed by atoms with Gasteiger partial charge in [0.05, 0.1) is 12.7 Å². The Morgan fingerprint density at radius 2 is 2.05 bits per heavy atom. The minimum atomic E-state index is -0.166. The first kappa shape index (κ1) is 12.5. The van der Waals surface area contributed by atoms with E-state index in [9.17, 15) is 0 Å². The molecule has 1 fully saturated rings. The van der Waals surface area contributed by atoms with Crippen LogP contribution in [0, 0.1) is 6.92 Å². The molecule has 1 aromatic rings. The minimum absolute atomic E-state index is 0.00649. The molecule has 1 saturated heterocycles. The van der Waals surface area contributed by atoms with E-state index in [-0.39, 0.29) is 19.0 Å². The quantitative estimate of drug-likeness (QED) is 0.775. The zero-order valence-electron chi connectivity index (χ0n) is 11.0. The lowest BCUT2D eigenvalue weighted by Gasteiger charge is -2.14. The molecular formula is C15H17BO3. The summed E-state index contributed by atoms with van der Waals surface area (Å²) in [5.74, 6) is 1.15. The van der Waals surface area contributed by atoms with Crippen LogP contribution in [0.25, 0.3) is 0 Å². The van der Waals surface area contributed by atoms with Crippen molar-refractivity contribution >= 4 is 7.12 Å². The van der Waals surface area contributed by atoms with Gasteiger partial charge in [-0.15, -0.1) is 0 Å². The van der Waals surface area contributed by atoms with Gasteiger partial charge in [-0.2, -0.15) is 0 Å². The first-order valence-electron chi connectivity index (χ1n) is 6.63. The topological polar surface area (TPSA) is 27.7 Å². The summed E-state index contributed by atoms with van der Waals surface area (Å²) in [7, 11) is -0.166. The van der Waals surface area contributed by atoms with Crippen LogP contribution in [0.15, 0.2) is 48.6 Å². The summed E-state index contributed by atoms with van der Waals surface area (Å²) in [6, 6.07) is 8.00. The molecule has 2 aliphatic rings. The number of allylic oxidation sites excluding steroid dienone is 4. The van der Waals surface area contributed by atoms with Crippen LogP contribution in [0.2, 0.25) is 5.82 Å². The Morgan fingerprint density at radius 1 is 1.26 bits per heavy atom. The molecule has 1 heterocycles. The van der Waals surface area contributed by atoms with Crippen molar-refractivity contribution in [3.63, 3.8) is 0 Å². The largest absolute Gasteiger partial charge is 0.491 e. The highest BCUT2D eigenvalue weighted by Gasteiger charge is 2.37. The third-order valence-corrected chi connectivity index (χ3v) is 3.38. The summed E-state index contributed by atoms with van der Waals surface area (Å²) in [6.07, 6.45) is 8.24. The number of ether oxygens (including phenoxy) is 1. The van der Waals surface area contributed by atoms with Crippen molar-refractivity contribution in [2.24, 2.45) is 0 Å². The van der Waals surface area contributed by atoms with Gasteiger partial charge in [0.1, 0.15) is 12.4 Å². The fraction of sp³-hybridized carbons (Fsp3) is 0.333. The molecule has 98 valence electrons. The average molecular weight is 256 g/mol. The SMILES string of the molecule is Cc1ccccc1OC[C@H]1COB(C2C=CC=C2)O1. The fourth-order valence-corrected chi connectivity index (χ4v) is 2.29. The highest BCUT2D eigenvalue weighted by Crippen LogP contribution is 2.26. The maximum Gasteiger partial charge on any atom is 0.468 e. The van der Waals surface area contributed by atoms with E-state index in [2.05, 4.69) is 12.2 Å². The van der Waals surface area contributed by atoms with Crippen LogP contribution < -0.4 is 4.74 Å². The van der Waals surface area contributed by atoms with E-state index in [1.165, 1.54) is 0 Å². The lowest BCUT2D eigenvalue weighted by Crippen LogP contribution is -2.24. The lowest BCUT2D eigenvalue weighted by atomic mass is 9.73. The molecule has 19 heavy (non-hydrogen) atoms. The lowest BCUT2D eigenvalue weighted by molar-refractivity contribution is 0.146. The fourth-order valence-electron chi connectivity index (χ4n) is 2.29. The van der Waals surface area contributed by atoms with E-state index in [4.69, 9.17) is 14.0 Å². The van der Waals surface area contributed by atoms with Gasteiger partial charge in [0, 0.05) is 5.82 Å². The summed E-state index contributed by atoms with van der Waals surface area (Å²) in [5, 5.41) is 0. The van der Waals surface area contributed by atoms with Crippen LogP contribution in [-0.4, -0.2) is 26.4 Å². The van der Waals surface area contributed by atoms with Crippen LogP contribution in [-0.2, 0) is 9.31 Å². The van der Waals surface area contributed by atoms with E-state index >= 15 is 0 Å². The van der Waals surface area contributed by atoms with Crippen molar-refractivity contribution < 1.29 is 14.0 Å². The zero-order chi connectivity index (χ0) is 13.1. The highest BCUT2D eigenvalue weighted by atomic mass is 16.7. The van der Waals surface area contributed by atoms with Gasteiger partial charge < -0.3 is 14.0 Å². The van der Waals surface area contributed by atoms with E-state index < -0.39 is 0 Å². The van der Waals surface area contributed by atoms with Crippen LogP contribution in [0.1, 0.15) is 5.56 Å². The minimum Gasteiger partial charge on any atom is -0.491 e. The molecule has 0 N–H and O–H groups in total. The first-order valence-corrected chi connectivity index (χ1v) is 6.63. The second-order valence-electron chi connectivity index (χ2n) is 4.88.